The lowest BCUT2D eigenvalue weighted by atomic mass is 10.6. The third kappa shape index (κ3) is 1.57. The second kappa shape index (κ2) is 3.37. The van der Waals surface area contributed by atoms with Crippen molar-refractivity contribution in [2.45, 2.75) is 6.54 Å². The van der Waals surface area contributed by atoms with Crippen LogP contribution in [0.15, 0.2) is 23.3 Å². The van der Waals surface area contributed by atoms with Crippen molar-refractivity contribution >= 4 is 11.6 Å². The number of aryl methyl sites for hydroxylation is 1. The summed E-state index contributed by atoms with van der Waals surface area (Å²) in [6.07, 6.45) is 3.13. The molecule has 0 saturated carbocycles. The maximum Gasteiger partial charge on any atom is 0.347 e. The molecular formula is C6H7ClN2O. The van der Waals surface area contributed by atoms with Crippen molar-refractivity contribution in [3.63, 3.8) is 0 Å². The van der Waals surface area contributed by atoms with Gasteiger partial charge in [-0.2, -0.15) is 0 Å². The van der Waals surface area contributed by atoms with Gasteiger partial charge < -0.3 is 0 Å². The Bertz CT molecular complexity index is 258. The molecule has 0 radical (unpaired) electrons. The van der Waals surface area contributed by atoms with E-state index in [-0.39, 0.29) is 5.69 Å². The Balaban J connectivity index is 2.92. The number of hydrogen-bond donors (Lipinski definition) is 0. The van der Waals surface area contributed by atoms with Crippen LogP contribution >= 0.6 is 11.6 Å². The molecule has 3 nitrogen and oxygen atoms in total. The first kappa shape index (κ1) is 7.28. The van der Waals surface area contributed by atoms with Crippen molar-refractivity contribution in [3.8, 4) is 0 Å². The van der Waals surface area contributed by atoms with Crippen molar-refractivity contribution in [1.82, 2.24) is 9.55 Å². The third-order valence-corrected chi connectivity index (χ3v) is 1.28. The average Bonchev–Trinajstić information content (AvgIpc) is 1.94. The largest absolute Gasteiger partial charge is 0.347 e. The first-order chi connectivity index (χ1) is 4.84. The molecule has 0 aliphatic rings. The lowest BCUT2D eigenvalue weighted by molar-refractivity contribution is 0.703. The van der Waals surface area contributed by atoms with E-state index in [1.54, 1.807) is 12.3 Å². The van der Waals surface area contributed by atoms with Crippen molar-refractivity contribution in [2.24, 2.45) is 0 Å². The van der Waals surface area contributed by atoms with Gasteiger partial charge in [0.1, 0.15) is 0 Å². The molecular weight excluding hydrogens is 152 g/mol. The molecule has 0 bridgehead atoms. The fraction of sp³-hybridized carbons (Fsp3) is 0.333. The van der Waals surface area contributed by atoms with E-state index in [1.165, 1.54) is 10.8 Å². The van der Waals surface area contributed by atoms with Crippen molar-refractivity contribution in [3.05, 3.63) is 28.9 Å². The van der Waals surface area contributed by atoms with Gasteiger partial charge in [0.15, 0.2) is 0 Å². The van der Waals surface area contributed by atoms with Gasteiger partial charge in [-0.1, -0.05) is 0 Å². The van der Waals surface area contributed by atoms with Crippen LogP contribution in [-0.4, -0.2) is 15.4 Å². The minimum Gasteiger partial charge on any atom is -0.298 e. The fourth-order valence-corrected chi connectivity index (χ4v) is 0.830. The first-order valence-corrected chi connectivity index (χ1v) is 3.45. The van der Waals surface area contributed by atoms with Gasteiger partial charge in [-0.25, -0.2) is 9.78 Å². The Labute approximate surface area is 63.3 Å². The molecule has 0 unspecified atom stereocenters. The Morgan fingerprint density at radius 2 is 2.50 bits per heavy atom. The van der Waals surface area contributed by atoms with Crippen LogP contribution in [-0.2, 0) is 6.54 Å². The zero-order valence-corrected chi connectivity index (χ0v) is 6.08. The van der Waals surface area contributed by atoms with Gasteiger partial charge in [0.05, 0.1) is 0 Å². The van der Waals surface area contributed by atoms with E-state index in [9.17, 15) is 4.79 Å². The Morgan fingerprint density at radius 3 is 3.10 bits per heavy atom. The molecule has 54 valence electrons. The highest BCUT2D eigenvalue weighted by Gasteiger charge is 1.90. The molecule has 1 aromatic rings. The van der Waals surface area contributed by atoms with Crippen molar-refractivity contribution in [2.75, 3.05) is 5.88 Å². The summed E-state index contributed by atoms with van der Waals surface area (Å²) in [6, 6.07) is 1.70. The van der Waals surface area contributed by atoms with Crippen molar-refractivity contribution < 1.29 is 0 Å². The van der Waals surface area contributed by atoms with Crippen LogP contribution in [0.25, 0.3) is 0 Å². The molecule has 10 heavy (non-hydrogen) atoms. The minimum absolute atomic E-state index is 0.247. The van der Waals surface area contributed by atoms with Crippen molar-refractivity contribution in [1.29, 1.82) is 0 Å². The number of aromatic nitrogens is 2. The predicted octanol–water partition coefficient (Wildman–Crippen LogP) is 0.482. The normalized spacial score (nSPS) is 9.70. The van der Waals surface area contributed by atoms with Crippen LogP contribution in [0.1, 0.15) is 0 Å². The highest BCUT2D eigenvalue weighted by molar-refractivity contribution is 6.17. The maximum absolute atomic E-state index is 10.8. The number of alkyl halides is 1. The van der Waals surface area contributed by atoms with E-state index in [4.69, 9.17) is 11.6 Å². The molecule has 0 atom stereocenters. The van der Waals surface area contributed by atoms with E-state index >= 15 is 0 Å². The van der Waals surface area contributed by atoms with Gasteiger partial charge in [0.2, 0.25) is 0 Å². The Kier molecular flexibility index (Phi) is 2.45. The molecule has 0 aliphatic heterocycles. The molecule has 1 aromatic heterocycles. The second-order valence-corrected chi connectivity index (χ2v) is 2.16. The van der Waals surface area contributed by atoms with Crippen LogP contribution in [0.2, 0.25) is 0 Å². The van der Waals surface area contributed by atoms with Crippen LogP contribution in [0.4, 0.5) is 0 Å². The number of nitrogens with zero attached hydrogens (tertiary/aromatic N) is 2. The Hall–Kier alpha value is -0.830. The van der Waals surface area contributed by atoms with E-state index < -0.39 is 0 Å². The van der Waals surface area contributed by atoms with E-state index in [1.807, 2.05) is 0 Å². The molecule has 0 N–H and O–H groups in total. The van der Waals surface area contributed by atoms with Crippen LogP contribution < -0.4 is 5.69 Å². The van der Waals surface area contributed by atoms with Gasteiger partial charge in [-0.15, -0.1) is 11.6 Å². The van der Waals surface area contributed by atoms with Gasteiger partial charge >= 0.3 is 5.69 Å². The number of halogens is 1. The topological polar surface area (TPSA) is 34.9 Å². The lowest BCUT2D eigenvalue weighted by Gasteiger charge is -1.97. The average molecular weight is 159 g/mol. The summed E-state index contributed by atoms with van der Waals surface area (Å²) in [7, 11) is 0. The minimum atomic E-state index is -0.247. The lowest BCUT2D eigenvalue weighted by Crippen LogP contribution is -2.21. The van der Waals surface area contributed by atoms with Crippen LogP contribution in [0.5, 0.6) is 0 Å². The predicted molar refractivity (Wildman–Crippen MR) is 39.2 cm³/mol. The monoisotopic (exact) mass is 158 g/mol. The smallest absolute Gasteiger partial charge is 0.298 e. The quantitative estimate of drug-likeness (QED) is 0.587. The summed E-state index contributed by atoms with van der Waals surface area (Å²) >= 11 is 5.42. The zero-order valence-electron chi connectivity index (χ0n) is 5.33. The Morgan fingerprint density at radius 1 is 1.70 bits per heavy atom. The van der Waals surface area contributed by atoms with Gasteiger partial charge in [-0.3, -0.25) is 4.57 Å². The standard InChI is InChI=1S/C6H7ClN2O/c7-2-5-9-4-1-3-8-6(9)10/h1,3-4H,2,5H2. The third-order valence-electron chi connectivity index (χ3n) is 1.11. The molecule has 0 spiro atoms. The summed E-state index contributed by atoms with van der Waals surface area (Å²) < 4.78 is 1.47. The second-order valence-electron chi connectivity index (χ2n) is 1.78. The number of rotatable bonds is 2. The molecule has 1 rings (SSSR count). The summed E-state index contributed by atoms with van der Waals surface area (Å²) in [5, 5.41) is 0. The molecule has 1 heterocycles. The zero-order chi connectivity index (χ0) is 7.40. The number of hydrogen-bond acceptors (Lipinski definition) is 2. The van der Waals surface area contributed by atoms with Gasteiger partial charge in [-0.05, 0) is 6.07 Å². The highest BCUT2D eigenvalue weighted by Crippen LogP contribution is 1.81. The SMILES string of the molecule is O=c1ncccn1CCCl. The van der Waals surface area contributed by atoms with E-state index in [0.717, 1.165) is 0 Å². The maximum atomic E-state index is 10.8. The van der Waals surface area contributed by atoms with Crippen LogP contribution in [0.3, 0.4) is 0 Å². The molecule has 0 saturated heterocycles. The molecule has 0 fully saturated rings. The molecule has 0 aliphatic carbocycles. The van der Waals surface area contributed by atoms with Gasteiger partial charge in [0.25, 0.3) is 0 Å². The fourth-order valence-electron chi connectivity index (χ4n) is 0.648. The molecule has 0 amide bonds. The van der Waals surface area contributed by atoms with E-state index in [0.29, 0.717) is 12.4 Å². The first-order valence-electron chi connectivity index (χ1n) is 2.92. The van der Waals surface area contributed by atoms with E-state index in [2.05, 4.69) is 4.98 Å². The van der Waals surface area contributed by atoms with Gasteiger partial charge in [0, 0.05) is 24.8 Å². The van der Waals surface area contributed by atoms with Crippen LogP contribution in [0, 0.1) is 0 Å². The summed E-state index contributed by atoms with van der Waals surface area (Å²) in [5.41, 5.74) is -0.247. The summed E-state index contributed by atoms with van der Waals surface area (Å²) in [6.45, 7) is 0.522. The molecule has 4 heteroatoms. The summed E-state index contributed by atoms with van der Waals surface area (Å²) in [4.78, 5) is 14.3. The summed E-state index contributed by atoms with van der Waals surface area (Å²) in [5.74, 6) is 0.436. The highest BCUT2D eigenvalue weighted by atomic mass is 35.5. The molecule has 0 aromatic carbocycles.